The predicted molar refractivity (Wildman–Crippen MR) is 132 cm³/mol. The number of nitrogens with one attached hydrogen (secondary N) is 2. The van der Waals surface area contributed by atoms with Gasteiger partial charge in [-0.05, 0) is 44.3 Å². The van der Waals surface area contributed by atoms with Crippen LogP contribution in [0.25, 0.3) is 11.3 Å². The van der Waals surface area contributed by atoms with Crippen molar-refractivity contribution < 1.29 is 0 Å². The molecule has 7 heteroatoms. The maximum absolute atomic E-state index is 4.88. The van der Waals surface area contributed by atoms with E-state index in [2.05, 4.69) is 58.1 Å². The van der Waals surface area contributed by atoms with Crippen LogP contribution in [0.2, 0.25) is 0 Å². The minimum Gasteiger partial charge on any atom is -0.357 e. The zero-order chi connectivity index (χ0) is 19.8. The Kier molecular flexibility index (Phi) is 9.93. The first-order chi connectivity index (χ1) is 13.7. The van der Waals surface area contributed by atoms with Gasteiger partial charge in [-0.2, -0.15) is 0 Å². The van der Waals surface area contributed by atoms with E-state index in [9.17, 15) is 0 Å². The van der Waals surface area contributed by atoms with Crippen molar-refractivity contribution in [1.29, 1.82) is 0 Å². The van der Waals surface area contributed by atoms with E-state index in [-0.39, 0.29) is 24.0 Å². The SMILES string of the molecule is CCNC(=NCC(C)CN1CCCC1)N(C)Cc1ncc(-c2ccccc2)[nH]1.I. The van der Waals surface area contributed by atoms with Gasteiger partial charge in [0, 0.05) is 26.7 Å². The monoisotopic (exact) mass is 510 g/mol. The third-order valence-corrected chi connectivity index (χ3v) is 5.12. The summed E-state index contributed by atoms with van der Waals surface area (Å²) in [6, 6.07) is 10.3. The van der Waals surface area contributed by atoms with Crippen LogP contribution < -0.4 is 5.32 Å². The van der Waals surface area contributed by atoms with Gasteiger partial charge < -0.3 is 20.1 Å². The smallest absolute Gasteiger partial charge is 0.194 e. The number of halogens is 1. The molecule has 0 bridgehead atoms. The van der Waals surface area contributed by atoms with Gasteiger partial charge in [-0.15, -0.1) is 24.0 Å². The molecule has 0 amide bonds. The number of benzene rings is 1. The highest BCUT2D eigenvalue weighted by Gasteiger charge is 2.15. The van der Waals surface area contributed by atoms with Crippen molar-refractivity contribution in [2.45, 2.75) is 33.2 Å². The minimum absolute atomic E-state index is 0. The van der Waals surface area contributed by atoms with Crippen LogP contribution in [0.5, 0.6) is 0 Å². The van der Waals surface area contributed by atoms with Crippen molar-refractivity contribution in [2.24, 2.45) is 10.9 Å². The largest absolute Gasteiger partial charge is 0.357 e. The number of likely N-dealkylation sites (tertiary alicyclic amines) is 1. The molecule has 1 fully saturated rings. The maximum Gasteiger partial charge on any atom is 0.194 e. The summed E-state index contributed by atoms with van der Waals surface area (Å²) < 4.78 is 0. The molecule has 6 nitrogen and oxygen atoms in total. The highest BCUT2D eigenvalue weighted by Crippen LogP contribution is 2.16. The van der Waals surface area contributed by atoms with Gasteiger partial charge in [0.2, 0.25) is 0 Å². The molecule has 3 rings (SSSR count). The molecule has 160 valence electrons. The summed E-state index contributed by atoms with van der Waals surface area (Å²) in [4.78, 5) is 17.6. The molecule has 2 N–H and O–H groups in total. The molecule has 1 aliphatic rings. The molecule has 1 unspecified atom stereocenters. The number of aromatic amines is 1. The van der Waals surface area contributed by atoms with Crippen LogP contribution in [0.15, 0.2) is 41.5 Å². The Morgan fingerprint density at radius 1 is 1.28 bits per heavy atom. The van der Waals surface area contributed by atoms with Crippen LogP contribution >= 0.6 is 24.0 Å². The van der Waals surface area contributed by atoms with E-state index in [1.165, 1.54) is 25.9 Å². The number of nitrogens with zero attached hydrogens (tertiary/aromatic N) is 4. The van der Waals surface area contributed by atoms with Crippen molar-refractivity contribution in [3.63, 3.8) is 0 Å². The van der Waals surface area contributed by atoms with Gasteiger partial charge in [0.15, 0.2) is 5.96 Å². The van der Waals surface area contributed by atoms with Crippen LogP contribution in [0.3, 0.4) is 0 Å². The van der Waals surface area contributed by atoms with E-state index in [4.69, 9.17) is 4.99 Å². The number of rotatable bonds is 8. The van der Waals surface area contributed by atoms with Crippen molar-refractivity contribution in [3.05, 3.63) is 42.4 Å². The number of aliphatic imine (C=N–C) groups is 1. The lowest BCUT2D eigenvalue weighted by Gasteiger charge is -2.23. The summed E-state index contributed by atoms with van der Waals surface area (Å²) in [5.41, 5.74) is 2.20. The van der Waals surface area contributed by atoms with E-state index in [1.54, 1.807) is 0 Å². The zero-order valence-corrected chi connectivity index (χ0v) is 20.2. The van der Waals surface area contributed by atoms with Gasteiger partial charge in [0.1, 0.15) is 5.82 Å². The van der Waals surface area contributed by atoms with Crippen LogP contribution in [-0.2, 0) is 6.54 Å². The fourth-order valence-corrected chi connectivity index (χ4v) is 3.68. The Morgan fingerprint density at radius 2 is 2.00 bits per heavy atom. The third kappa shape index (κ3) is 7.29. The molecule has 1 atom stereocenters. The van der Waals surface area contributed by atoms with E-state index < -0.39 is 0 Å². The highest BCUT2D eigenvalue weighted by molar-refractivity contribution is 14.0. The maximum atomic E-state index is 4.88. The zero-order valence-electron chi connectivity index (χ0n) is 17.9. The first-order valence-corrected chi connectivity index (χ1v) is 10.5. The van der Waals surface area contributed by atoms with E-state index in [0.717, 1.165) is 42.7 Å². The average molecular weight is 510 g/mol. The Hall–Kier alpha value is -1.61. The molecule has 0 radical (unpaired) electrons. The van der Waals surface area contributed by atoms with Gasteiger partial charge in [-0.25, -0.2) is 4.98 Å². The van der Waals surface area contributed by atoms with Gasteiger partial charge >= 0.3 is 0 Å². The number of hydrogen-bond acceptors (Lipinski definition) is 3. The second-order valence-electron chi connectivity index (χ2n) is 7.77. The fourth-order valence-electron chi connectivity index (χ4n) is 3.68. The van der Waals surface area contributed by atoms with Crippen molar-refractivity contribution in [3.8, 4) is 11.3 Å². The Balaban J connectivity index is 0.00000300. The fraction of sp³-hybridized carbons (Fsp3) is 0.545. The van der Waals surface area contributed by atoms with Gasteiger partial charge in [-0.3, -0.25) is 4.99 Å². The Labute approximate surface area is 192 Å². The molecule has 1 saturated heterocycles. The van der Waals surface area contributed by atoms with Crippen molar-refractivity contribution >= 4 is 29.9 Å². The molecule has 1 aromatic carbocycles. The van der Waals surface area contributed by atoms with E-state index in [0.29, 0.717) is 12.5 Å². The Morgan fingerprint density at radius 3 is 2.69 bits per heavy atom. The highest BCUT2D eigenvalue weighted by atomic mass is 127. The summed E-state index contributed by atoms with van der Waals surface area (Å²) in [6.45, 7) is 10.4. The van der Waals surface area contributed by atoms with Crippen molar-refractivity contribution in [1.82, 2.24) is 25.1 Å². The first-order valence-electron chi connectivity index (χ1n) is 10.5. The topological polar surface area (TPSA) is 59.6 Å². The number of H-pyrrole nitrogens is 1. The molecule has 0 saturated carbocycles. The van der Waals surface area contributed by atoms with Crippen molar-refractivity contribution in [2.75, 3.05) is 39.8 Å². The lowest BCUT2D eigenvalue weighted by molar-refractivity contribution is 0.291. The van der Waals surface area contributed by atoms with Gasteiger partial charge in [-0.1, -0.05) is 37.3 Å². The molecule has 2 aromatic rings. The Bertz CT molecular complexity index is 739. The summed E-state index contributed by atoms with van der Waals surface area (Å²) in [5, 5.41) is 3.41. The van der Waals surface area contributed by atoms with Crippen LogP contribution in [0, 0.1) is 5.92 Å². The normalized spacial score (nSPS) is 15.8. The predicted octanol–water partition coefficient (Wildman–Crippen LogP) is 3.82. The molecule has 1 aromatic heterocycles. The molecular weight excluding hydrogens is 475 g/mol. The van der Waals surface area contributed by atoms with E-state index in [1.807, 2.05) is 24.4 Å². The summed E-state index contributed by atoms with van der Waals surface area (Å²) in [5.74, 6) is 2.44. The second-order valence-corrected chi connectivity index (χ2v) is 7.77. The van der Waals surface area contributed by atoms with E-state index >= 15 is 0 Å². The molecule has 2 heterocycles. The average Bonchev–Trinajstić information content (AvgIpc) is 3.38. The number of aromatic nitrogens is 2. The van der Waals surface area contributed by atoms with Crippen LogP contribution in [0.1, 0.15) is 32.5 Å². The standard InChI is InChI=1S/C22H34N6.HI/c1-4-23-22(25-14-18(2)16-28-12-8-9-13-28)27(3)17-21-24-15-20(26-21)19-10-6-5-7-11-19;/h5-7,10-11,15,18H,4,8-9,12-14,16-17H2,1-3H3,(H,23,25)(H,24,26);1H. The number of hydrogen-bond donors (Lipinski definition) is 2. The number of guanidine groups is 1. The summed E-state index contributed by atoms with van der Waals surface area (Å²) in [7, 11) is 2.07. The minimum atomic E-state index is 0. The third-order valence-electron chi connectivity index (χ3n) is 5.12. The van der Waals surface area contributed by atoms with Crippen LogP contribution in [0.4, 0.5) is 0 Å². The number of imidazole rings is 1. The summed E-state index contributed by atoms with van der Waals surface area (Å²) in [6.07, 6.45) is 4.59. The second kappa shape index (κ2) is 12.2. The molecule has 0 aliphatic carbocycles. The summed E-state index contributed by atoms with van der Waals surface area (Å²) >= 11 is 0. The van der Waals surface area contributed by atoms with Gasteiger partial charge in [0.25, 0.3) is 0 Å². The lowest BCUT2D eigenvalue weighted by atomic mass is 10.2. The molecule has 29 heavy (non-hydrogen) atoms. The molecule has 0 spiro atoms. The molecular formula is C22H35IN6. The van der Waals surface area contributed by atoms with Gasteiger partial charge in [0.05, 0.1) is 18.4 Å². The van der Waals surface area contributed by atoms with Crippen LogP contribution in [-0.4, -0.2) is 65.5 Å². The first kappa shape index (κ1) is 23.7. The quantitative estimate of drug-likeness (QED) is 0.322. The molecule has 1 aliphatic heterocycles. The lowest BCUT2D eigenvalue weighted by Crippen LogP contribution is -2.39.